The summed E-state index contributed by atoms with van der Waals surface area (Å²) in [5.74, 6) is 2.46. The van der Waals surface area contributed by atoms with Crippen LogP contribution in [-0.2, 0) is 0 Å². The van der Waals surface area contributed by atoms with Crippen molar-refractivity contribution in [2.45, 2.75) is 109 Å². The maximum Gasteiger partial charge on any atom is 0.0191 e. The van der Waals surface area contributed by atoms with Crippen molar-refractivity contribution < 1.29 is 0 Å². The van der Waals surface area contributed by atoms with E-state index in [9.17, 15) is 0 Å². The molecule has 2 atom stereocenters. The molecule has 0 nitrogen and oxygen atoms in total. The molecule has 1 saturated carbocycles. The molecule has 0 bridgehead atoms. The Morgan fingerprint density at radius 2 is 1.45 bits per heavy atom. The summed E-state index contributed by atoms with van der Waals surface area (Å²) in [4.78, 5) is 0. The molecule has 0 aromatic carbocycles. The van der Waals surface area contributed by atoms with Crippen LogP contribution in [0.2, 0.25) is 0 Å². The minimum atomic E-state index is 0.731. The summed E-state index contributed by atoms with van der Waals surface area (Å²) in [5.41, 5.74) is 0. The zero-order chi connectivity index (χ0) is 14.7. The molecule has 1 fully saturated rings. The number of rotatable bonds is 14. The molecule has 0 saturated heterocycles. The maximum absolute atomic E-state index is 2.33. The van der Waals surface area contributed by atoms with E-state index >= 15 is 0 Å². The largest absolute Gasteiger partial charge is 0.155 e. The second-order valence-corrected chi connectivity index (χ2v) is 8.34. The first kappa shape index (κ1) is 18.4. The summed E-state index contributed by atoms with van der Waals surface area (Å²) in [6.07, 6.45) is 18.9. The SMILES string of the molecule is CCCCCCCC[C@]1(SCCC)C[C@H]1CCCCC. The molecular weight excluding hydrogens is 260 g/mol. The van der Waals surface area contributed by atoms with E-state index in [2.05, 4.69) is 32.5 Å². The van der Waals surface area contributed by atoms with Crippen LogP contribution in [0.25, 0.3) is 0 Å². The average molecular weight is 299 g/mol. The third-order valence-electron chi connectivity index (χ3n) is 4.88. The first-order chi connectivity index (χ1) is 9.79. The number of unbranched alkanes of at least 4 members (excludes halogenated alkanes) is 7. The predicted molar refractivity (Wildman–Crippen MR) is 95.7 cm³/mol. The molecule has 0 aromatic heterocycles. The topological polar surface area (TPSA) is 0 Å². The first-order valence-corrected chi connectivity index (χ1v) is 10.4. The maximum atomic E-state index is 2.33. The Kier molecular flexibility index (Phi) is 10.1. The summed E-state index contributed by atoms with van der Waals surface area (Å²) in [7, 11) is 0. The molecule has 0 unspecified atom stereocenters. The highest BCUT2D eigenvalue weighted by Crippen LogP contribution is 2.59. The summed E-state index contributed by atoms with van der Waals surface area (Å²) in [5, 5.41) is 0. The van der Waals surface area contributed by atoms with E-state index in [1.165, 1.54) is 89.2 Å². The molecule has 0 N–H and O–H groups in total. The smallest absolute Gasteiger partial charge is 0.0191 e. The summed E-state index contributed by atoms with van der Waals surface area (Å²) < 4.78 is 0.731. The van der Waals surface area contributed by atoms with E-state index in [0.29, 0.717) is 0 Å². The van der Waals surface area contributed by atoms with Crippen molar-refractivity contribution >= 4 is 11.8 Å². The van der Waals surface area contributed by atoms with Gasteiger partial charge in [-0.3, -0.25) is 0 Å². The molecule has 20 heavy (non-hydrogen) atoms. The van der Waals surface area contributed by atoms with Crippen LogP contribution >= 0.6 is 11.8 Å². The van der Waals surface area contributed by atoms with E-state index in [1.807, 2.05) is 0 Å². The average Bonchev–Trinajstić information content (AvgIpc) is 3.14. The lowest BCUT2D eigenvalue weighted by atomic mass is 10.0. The zero-order valence-electron chi connectivity index (χ0n) is 14.4. The molecule has 1 heteroatoms. The van der Waals surface area contributed by atoms with Crippen LogP contribution < -0.4 is 0 Å². The van der Waals surface area contributed by atoms with Gasteiger partial charge in [0.2, 0.25) is 0 Å². The van der Waals surface area contributed by atoms with Gasteiger partial charge in [0.1, 0.15) is 0 Å². The fourth-order valence-corrected chi connectivity index (χ4v) is 5.00. The van der Waals surface area contributed by atoms with Gasteiger partial charge in [-0.2, -0.15) is 11.8 Å². The third-order valence-corrected chi connectivity index (χ3v) is 6.77. The summed E-state index contributed by atoms with van der Waals surface area (Å²) >= 11 is 2.32. The highest BCUT2D eigenvalue weighted by atomic mass is 32.2. The fourth-order valence-electron chi connectivity index (χ4n) is 3.43. The monoisotopic (exact) mass is 298 g/mol. The highest BCUT2D eigenvalue weighted by molar-refractivity contribution is 8.00. The molecule has 0 heterocycles. The molecule has 1 aliphatic carbocycles. The Labute approximate surface area is 132 Å². The van der Waals surface area contributed by atoms with Crippen molar-refractivity contribution in [1.82, 2.24) is 0 Å². The fraction of sp³-hybridized carbons (Fsp3) is 1.00. The van der Waals surface area contributed by atoms with Crippen molar-refractivity contribution in [3.63, 3.8) is 0 Å². The first-order valence-electron chi connectivity index (χ1n) is 9.43. The van der Waals surface area contributed by atoms with Gasteiger partial charge in [0.05, 0.1) is 0 Å². The summed E-state index contributed by atoms with van der Waals surface area (Å²) in [6, 6.07) is 0. The van der Waals surface area contributed by atoms with Gasteiger partial charge in [0.25, 0.3) is 0 Å². The third kappa shape index (κ3) is 6.87. The Hall–Kier alpha value is 0.350. The van der Waals surface area contributed by atoms with Crippen LogP contribution in [0.4, 0.5) is 0 Å². The standard InChI is InChI=1S/C19H38S/c1-4-7-9-10-11-13-15-19(20-16-6-3)17-18(19)14-12-8-5-2/h18H,4-17H2,1-3H3/t18-,19+/m1/s1. The summed E-state index contributed by atoms with van der Waals surface area (Å²) in [6.45, 7) is 6.96. The van der Waals surface area contributed by atoms with Crippen molar-refractivity contribution in [2.75, 3.05) is 5.75 Å². The van der Waals surface area contributed by atoms with Crippen LogP contribution in [0.15, 0.2) is 0 Å². The van der Waals surface area contributed by atoms with Gasteiger partial charge < -0.3 is 0 Å². The molecule has 120 valence electrons. The van der Waals surface area contributed by atoms with Gasteiger partial charge in [-0.25, -0.2) is 0 Å². The van der Waals surface area contributed by atoms with Crippen molar-refractivity contribution in [3.05, 3.63) is 0 Å². The Bertz CT molecular complexity index is 226. The van der Waals surface area contributed by atoms with E-state index in [1.54, 1.807) is 0 Å². The minimum Gasteiger partial charge on any atom is -0.155 e. The number of thioether (sulfide) groups is 1. The van der Waals surface area contributed by atoms with E-state index in [0.717, 1.165) is 10.7 Å². The van der Waals surface area contributed by atoms with Gasteiger partial charge in [-0.1, -0.05) is 78.6 Å². The van der Waals surface area contributed by atoms with Crippen LogP contribution in [-0.4, -0.2) is 10.5 Å². The predicted octanol–water partition coefficient (Wildman–Crippen LogP) is 7.22. The molecule has 0 amide bonds. The molecule has 1 aliphatic rings. The highest BCUT2D eigenvalue weighted by Gasteiger charge is 2.52. The molecule has 0 aliphatic heterocycles. The van der Waals surface area contributed by atoms with Crippen molar-refractivity contribution in [3.8, 4) is 0 Å². The molecule has 0 aromatic rings. The van der Waals surface area contributed by atoms with E-state index < -0.39 is 0 Å². The van der Waals surface area contributed by atoms with Gasteiger partial charge in [0.15, 0.2) is 0 Å². The molecule has 1 rings (SSSR count). The van der Waals surface area contributed by atoms with Gasteiger partial charge >= 0.3 is 0 Å². The van der Waals surface area contributed by atoms with Crippen LogP contribution in [0, 0.1) is 5.92 Å². The lowest BCUT2D eigenvalue weighted by Crippen LogP contribution is -2.08. The molecule has 0 spiro atoms. The second-order valence-electron chi connectivity index (χ2n) is 6.83. The minimum absolute atomic E-state index is 0.731. The lowest BCUT2D eigenvalue weighted by molar-refractivity contribution is 0.543. The second kappa shape index (κ2) is 11.0. The molecule has 0 radical (unpaired) electrons. The molecular formula is C19H38S. The van der Waals surface area contributed by atoms with Crippen LogP contribution in [0.5, 0.6) is 0 Å². The van der Waals surface area contributed by atoms with Gasteiger partial charge in [-0.15, -0.1) is 0 Å². The lowest BCUT2D eigenvalue weighted by Gasteiger charge is -2.17. The van der Waals surface area contributed by atoms with Crippen LogP contribution in [0.3, 0.4) is 0 Å². The van der Waals surface area contributed by atoms with E-state index in [4.69, 9.17) is 0 Å². The van der Waals surface area contributed by atoms with Crippen LogP contribution in [0.1, 0.15) is 104 Å². The normalized spacial score (nSPS) is 25.1. The Balaban J connectivity index is 2.17. The van der Waals surface area contributed by atoms with E-state index in [-0.39, 0.29) is 0 Å². The quantitative estimate of drug-likeness (QED) is 0.305. The Morgan fingerprint density at radius 3 is 2.15 bits per heavy atom. The Morgan fingerprint density at radius 1 is 0.800 bits per heavy atom. The van der Waals surface area contributed by atoms with Gasteiger partial charge in [0, 0.05) is 4.75 Å². The number of hydrogen-bond donors (Lipinski definition) is 0. The zero-order valence-corrected chi connectivity index (χ0v) is 15.2. The van der Waals surface area contributed by atoms with Gasteiger partial charge in [-0.05, 0) is 37.4 Å². The number of hydrogen-bond acceptors (Lipinski definition) is 1. The van der Waals surface area contributed by atoms with Crippen molar-refractivity contribution in [1.29, 1.82) is 0 Å². The van der Waals surface area contributed by atoms with Crippen molar-refractivity contribution in [2.24, 2.45) is 5.92 Å².